The maximum Gasteiger partial charge on any atom is 0.325 e. The summed E-state index contributed by atoms with van der Waals surface area (Å²) < 4.78 is 11.8. The van der Waals surface area contributed by atoms with E-state index in [0.29, 0.717) is 31.7 Å². The molecule has 2 aromatic rings. The number of nitrogens with zero attached hydrogens (tertiary/aromatic N) is 2. The smallest absolute Gasteiger partial charge is 0.325 e. The number of carbonyl (C=O) groups is 4. The first-order valence-electron chi connectivity index (χ1n) is 16.1. The van der Waals surface area contributed by atoms with Crippen molar-refractivity contribution in [2.24, 2.45) is 11.8 Å². The number of unbranched alkanes of at least 4 members (excludes halogenated alkanes) is 1. The highest BCUT2D eigenvalue weighted by atomic mass is 16.5. The minimum absolute atomic E-state index is 0.256. The van der Waals surface area contributed by atoms with Crippen LogP contribution < -0.4 is 16.1 Å². The van der Waals surface area contributed by atoms with Crippen molar-refractivity contribution < 1.29 is 28.7 Å². The van der Waals surface area contributed by atoms with Crippen molar-refractivity contribution in [3.63, 3.8) is 0 Å². The molecule has 0 unspecified atom stereocenters. The zero-order valence-electron chi connectivity index (χ0n) is 27.2. The van der Waals surface area contributed by atoms with Gasteiger partial charge in [-0.1, -0.05) is 57.5 Å². The molecule has 2 aliphatic heterocycles. The van der Waals surface area contributed by atoms with Gasteiger partial charge < -0.3 is 20.1 Å². The molecule has 0 spiro atoms. The molecule has 6 atom stereocenters. The molecule has 3 amide bonds. The number of cyclic esters (lactones) is 1. The highest BCUT2D eigenvalue weighted by molar-refractivity contribution is 5.93. The van der Waals surface area contributed by atoms with Gasteiger partial charge in [-0.25, -0.2) is 10.4 Å². The van der Waals surface area contributed by atoms with Gasteiger partial charge >= 0.3 is 5.97 Å². The van der Waals surface area contributed by atoms with Crippen LogP contribution in [0, 0.1) is 11.8 Å². The average molecular weight is 622 g/mol. The third-order valence-corrected chi connectivity index (χ3v) is 8.34. The Morgan fingerprint density at radius 2 is 1.80 bits per heavy atom. The Morgan fingerprint density at radius 1 is 1.04 bits per heavy atom. The van der Waals surface area contributed by atoms with Gasteiger partial charge in [0, 0.05) is 18.5 Å². The van der Waals surface area contributed by atoms with E-state index in [1.54, 1.807) is 19.9 Å². The fourth-order valence-electron chi connectivity index (χ4n) is 5.48. The number of hydrazine groups is 1. The Hall–Kier alpha value is -3.83. The van der Waals surface area contributed by atoms with E-state index in [1.807, 2.05) is 57.2 Å². The number of hydrogen-bond acceptors (Lipinski definition) is 8. The molecule has 5 bridgehead atoms. The van der Waals surface area contributed by atoms with E-state index in [2.05, 4.69) is 23.0 Å². The lowest BCUT2D eigenvalue weighted by Gasteiger charge is -2.35. The largest absolute Gasteiger partial charge is 0.455 e. The van der Waals surface area contributed by atoms with Crippen LogP contribution >= 0.6 is 0 Å². The number of amides is 3. The molecular weight excluding hydrogens is 574 g/mol. The SMILES string of the molecule is CCCCO[C@@H](C)[C@H]1/C=C/c2ccc3ccc(nc3c2)[C@@H](C)OC(=O)[C@@H]2CCCN(N2)C(=O)[C@H](C)NC(=O)[C@H](C(C)C)NC1=O. The molecule has 2 aliphatic rings. The number of aromatic nitrogens is 1. The van der Waals surface area contributed by atoms with Crippen LogP contribution in [0.15, 0.2) is 36.4 Å². The molecule has 4 rings (SSSR count). The highest BCUT2D eigenvalue weighted by Crippen LogP contribution is 2.23. The monoisotopic (exact) mass is 621 g/mol. The maximum atomic E-state index is 13.8. The molecule has 3 N–H and O–H groups in total. The second-order valence-electron chi connectivity index (χ2n) is 12.4. The zero-order valence-corrected chi connectivity index (χ0v) is 27.2. The topological polar surface area (TPSA) is 139 Å². The van der Waals surface area contributed by atoms with Crippen molar-refractivity contribution in [2.75, 3.05) is 13.2 Å². The van der Waals surface area contributed by atoms with Crippen LogP contribution in [0.5, 0.6) is 0 Å². The molecule has 1 aromatic heterocycles. The zero-order chi connectivity index (χ0) is 32.7. The van der Waals surface area contributed by atoms with Gasteiger partial charge in [-0.15, -0.1) is 0 Å². The Labute approximate surface area is 265 Å². The van der Waals surface area contributed by atoms with Crippen molar-refractivity contribution in [3.8, 4) is 0 Å². The fraction of sp³-hybridized carbons (Fsp3) is 0.559. The summed E-state index contributed by atoms with van der Waals surface area (Å²) in [5, 5.41) is 7.97. The molecule has 1 fully saturated rings. The number of pyridine rings is 1. The predicted molar refractivity (Wildman–Crippen MR) is 171 cm³/mol. The number of fused-ring (bicyclic) bond motifs is 4. The highest BCUT2D eigenvalue weighted by Gasteiger charge is 2.35. The van der Waals surface area contributed by atoms with Crippen LogP contribution in [0.2, 0.25) is 0 Å². The van der Waals surface area contributed by atoms with Gasteiger partial charge in [-0.3, -0.25) is 24.2 Å². The quantitative estimate of drug-likeness (QED) is 0.327. The van der Waals surface area contributed by atoms with Crippen molar-refractivity contribution in [2.45, 2.75) is 97.6 Å². The van der Waals surface area contributed by atoms with Crippen LogP contribution in [-0.2, 0) is 28.7 Å². The number of nitrogens with one attached hydrogen (secondary N) is 3. The van der Waals surface area contributed by atoms with Crippen molar-refractivity contribution >= 4 is 40.7 Å². The molecular formula is C34H47N5O6. The number of carbonyl (C=O) groups excluding carboxylic acids is 4. The summed E-state index contributed by atoms with van der Waals surface area (Å²) in [6.45, 7) is 11.8. The summed E-state index contributed by atoms with van der Waals surface area (Å²) in [5.41, 5.74) is 5.13. The van der Waals surface area contributed by atoms with Crippen LogP contribution in [0.1, 0.15) is 84.6 Å². The molecule has 1 aromatic carbocycles. The van der Waals surface area contributed by atoms with E-state index in [1.165, 1.54) is 5.01 Å². The Kier molecular flexibility index (Phi) is 11.7. The average Bonchev–Trinajstić information content (AvgIpc) is 3.02. The maximum absolute atomic E-state index is 13.8. The van der Waals surface area contributed by atoms with Gasteiger partial charge in [0.05, 0.1) is 23.2 Å². The molecule has 0 radical (unpaired) electrons. The Morgan fingerprint density at radius 3 is 2.53 bits per heavy atom. The molecule has 45 heavy (non-hydrogen) atoms. The minimum Gasteiger partial charge on any atom is -0.455 e. The summed E-state index contributed by atoms with van der Waals surface area (Å²) >= 11 is 0. The van der Waals surface area contributed by atoms with E-state index in [4.69, 9.17) is 14.5 Å². The summed E-state index contributed by atoms with van der Waals surface area (Å²) in [6.07, 6.45) is 5.49. The lowest BCUT2D eigenvalue weighted by atomic mass is 9.97. The lowest BCUT2D eigenvalue weighted by molar-refractivity contribution is -0.157. The number of ether oxygens (including phenoxy) is 2. The molecule has 1 saturated heterocycles. The number of hydrogen-bond donors (Lipinski definition) is 3. The van der Waals surface area contributed by atoms with Gasteiger partial charge in [0.1, 0.15) is 24.2 Å². The van der Waals surface area contributed by atoms with Gasteiger partial charge in [-0.2, -0.15) is 0 Å². The van der Waals surface area contributed by atoms with Crippen LogP contribution in [-0.4, -0.2) is 71.1 Å². The Bertz CT molecular complexity index is 1410. The third-order valence-electron chi connectivity index (χ3n) is 8.34. The van der Waals surface area contributed by atoms with Crippen LogP contribution in [0.3, 0.4) is 0 Å². The first-order valence-corrected chi connectivity index (χ1v) is 16.1. The van der Waals surface area contributed by atoms with Gasteiger partial charge in [0.2, 0.25) is 11.8 Å². The van der Waals surface area contributed by atoms with E-state index in [-0.39, 0.29) is 11.8 Å². The fourth-order valence-corrected chi connectivity index (χ4v) is 5.48. The molecule has 244 valence electrons. The second-order valence-corrected chi connectivity index (χ2v) is 12.4. The molecule has 0 aliphatic carbocycles. The second kappa shape index (κ2) is 15.4. The van der Waals surface area contributed by atoms with Crippen LogP contribution in [0.25, 0.3) is 17.0 Å². The summed E-state index contributed by atoms with van der Waals surface area (Å²) in [4.78, 5) is 58.5. The van der Waals surface area contributed by atoms with Gasteiger partial charge in [0.15, 0.2) is 0 Å². The number of rotatable bonds is 6. The molecule has 11 nitrogen and oxygen atoms in total. The van der Waals surface area contributed by atoms with Gasteiger partial charge in [-0.05, 0) is 63.6 Å². The molecule has 0 saturated carbocycles. The standard InChI is InChI=1S/C34H47N5O6/c1-7-8-18-44-22(5)26-15-12-24-11-13-25-14-16-27(36-29(25)19-24)23(6)45-34(43)28-10-9-17-39(38-28)33(42)21(4)35-32(41)30(20(2)3)37-31(26)40/h11-16,19-23,26,28,30,38H,7-10,17-18H2,1-6H3,(H,35,41)(H,37,40)/b15-12+/t21-,22-,23+,26+,28-,30-/m0/s1. The van der Waals surface area contributed by atoms with E-state index in [0.717, 1.165) is 29.3 Å². The van der Waals surface area contributed by atoms with Crippen molar-refractivity contribution in [1.29, 1.82) is 0 Å². The van der Waals surface area contributed by atoms with Gasteiger partial charge in [0.25, 0.3) is 5.91 Å². The van der Waals surface area contributed by atoms with E-state index >= 15 is 0 Å². The summed E-state index contributed by atoms with van der Waals surface area (Å²) in [5.74, 6) is -2.63. The van der Waals surface area contributed by atoms with Crippen molar-refractivity contribution in [1.82, 2.24) is 26.1 Å². The first-order chi connectivity index (χ1) is 21.5. The first kappa shape index (κ1) is 34.1. The van der Waals surface area contributed by atoms with E-state index in [9.17, 15) is 19.2 Å². The van der Waals surface area contributed by atoms with E-state index < -0.39 is 54.0 Å². The Balaban J connectivity index is 1.72. The van der Waals surface area contributed by atoms with Crippen molar-refractivity contribution in [3.05, 3.63) is 47.7 Å². The summed E-state index contributed by atoms with van der Waals surface area (Å²) in [6, 6.07) is 7.07. The van der Waals surface area contributed by atoms with Crippen LogP contribution in [0.4, 0.5) is 0 Å². The lowest BCUT2D eigenvalue weighted by Crippen LogP contribution is -2.61. The normalized spacial score (nSPS) is 26.7. The predicted octanol–water partition coefficient (Wildman–Crippen LogP) is 3.83. The number of esters is 1. The minimum atomic E-state index is -0.903. The molecule has 3 heterocycles. The molecule has 11 heteroatoms. The number of benzene rings is 1. The third kappa shape index (κ3) is 8.67. The summed E-state index contributed by atoms with van der Waals surface area (Å²) in [7, 11) is 0.